The fraction of sp³-hybridized carbons (Fsp3) is 0.0667. The van der Waals surface area contributed by atoms with E-state index in [4.69, 9.17) is 0 Å². The lowest BCUT2D eigenvalue weighted by Crippen LogP contribution is -1.99. The first-order chi connectivity index (χ1) is 8.92. The molecule has 0 radical (unpaired) electrons. The third-order valence-electron chi connectivity index (χ3n) is 2.78. The first-order valence-electron chi connectivity index (χ1n) is 5.89. The van der Waals surface area contributed by atoms with E-state index < -0.39 is 0 Å². The van der Waals surface area contributed by atoms with Gasteiger partial charge in [0, 0.05) is 18.0 Å². The lowest BCUT2D eigenvalue weighted by molar-refractivity contribution is 0.687. The van der Waals surface area contributed by atoms with Gasteiger partial charge in [-0.15, -0.1) is 0 Å². The van der Waals surface area contributed by atoms with Crippen molar-refractivity contribution in [3.8, 4) is 11.3 Å². The van der Waals surface area contributed by atoms with Gasteiger partial charge in [-0.2, -0.15) is 5.10 Å². The molecule has 0 unspecified atom stereocenters. The molecule has 88 valence electrons. The van der Waals surface area contributed by atoms with Crippen molar-refractivity contribution < 1.29 is 0 Å². The zero-order valence-corrected chi connectivity index (χ0v) is 9.90. The van der Waals surface area contributed by atoms with Crippen LogP contribution in [0.4, 0.5) is 0 Å². The Balaban J connectivity index is 1.82. The van der Waals surface area contributed by atoms with E-state index in [2.05, 4.69) is 22.2 Å². The molecule has 0 saturated heterocycles. The molecule has 3 rings (SSSR count). The van der Waals surface area contributed by atoms with Crippen molar-refractivity contribution in [3.05, 3.63) is 72.7 Å². The van der Waals surface area contributed by atoms with Crippen LogP contribution in [0.5, 0.6) is 0 Å². The van der Waals surface area contributed by atoms with Crippen LogP contribution >= 0.6 is 0 Å². The molecule has 3 nitrogen and oxygen atoms in total. The molecular weight excluding hydrogens is 222 g/mol. The van der Waals surface area contributed by atoms with Crippen LogP contribution in [-0.2, 0) is 6.54 Å². The molecule has 18 heavy (non-hydrogen) atoms. The average molecular weight is 235 g/mol. The fourth-order valence-electron chi connectivity index (χ4n) is 1.89. The Bertz CT molecular complexity index is 615. The highest BCUT2D eigenvalue weighted by Gasteiger charge is 2.02. The minimum Gasteiger partial charge on any atom is -0.268 e. The van der Waals surface area contributed by atoms with E-state index in [0.29, 0.717) is 0 Å². The van der Waals surface area contributed by atoms with Gasteiger partial charge in [0.05, 0.1) is 18.4 Å². The van der Waals surface area contributed by atoms with Gasteiger partial charge in [0.25, 0.3) is 0 Å². The normalized spacial score (nSPS) is 10.4. The highest BCUT2D eigenvalue weighted by molar-refractivity contribution is 5.56. The second-order valence-electron chi connectivity index (χ2n) is 4.13. The number of hydrogen-bond acceptors (Lipinski definition) is 2. The van der Waals surface area contributed by atoms with Gasteiger partial charge in [-0.1, -0.05) is 36.4 Å². The molecule has 0 aliphatic carbocycles. The molecule has 2 heterocycles. The van der Waals surface area contributed by atoms with Gasteiger partial charge < -0.3 is 0 Å². The van der Waals surface area contributed by atoms with Crippen molar-refractivity contribution >= 4 is 0 Å². The lowest BCUT2D eigenvalue weighted by atomic mass is 10.2. The summed E-state index contributed by atoms with van der Waals surface area (Å²) >= 11 is 0. The van der Waals surface area contributed by atoms with Crippen LogP contribution in [0, 0.1) is 0 Å². The topological polar surface area (TPSA) is 30.7 Å². The van der Waals surface area contributed by atoms with Crippen molar-refractivity contribution in [1.82, 2.24) is 14.8 Å². The molecule has 0 spiro atoms. The summed E-state index contributed by atoms with van der Waals surface area (Å²) in [5.74, 6) is 0. The molecule has 0 aliphatic heterocycles. The summed E-state index contributed by atoms with van der Waals surface area (Å²) in [7, 11) is 0. The lowest BCUT2D eigenvalue weighted by Gasteiger charge is -2.00. The summed E-state index contributed by atoms with van der Waals surface area (Å²) in [5, 5.41) is 4.36. The van der Waals surface area contributed by atoms with E-state index in [1.807, 2.05) is 53.5 Å². The second-order valence-corrected chi connectivity index (χ2v) is 4.13. The molecule has 3 heteroatoms. The number of aromatic nitrogens is 3. The quantitative estimate of drug-likeness (QED) is 0.698. The van der Waals surface area contributed by atoms with E-state index in [9.17, 15) is 0 Å². The van der Waals surface area contributed by atoms with Crippen LogP contribution in [0.2, 0.25) is 0 Å². The van der Waals surface area contributed by atoms with Gasteiger partial charge in [0.15, 0.2) is 0 Å². The summed E-state index contributed by atoms with van der Waals surface area (Å²) in [4.78, 5) is 4.32. The summed E-state index contributed by atoms with van der Waals surface area (Å²) < 4.78 is 1.93. The summed E-state index contributed by atoms with van der Waals surface area (Å²) in [5.41, 5.74) is 3.25. The smallest absolute Gasteiger partial charge is 0.0733 e. The van der Waals surface area contributed by atoms with Crippen molar-refractivity contribution in [1.29, 1.82) is 0 Å². The monoisotopic (exact) mass is 235 g/mol. The average Bonchev–Trinajstić information content (AvgIpc) is 2.89. The van der Waals surface area contributed by atoms with Crippen LogP contribution < -0.4 is 0 Å². The Morgan fingerprint density at radius 1 is 0.944 bits per heavy atom. The third kappa shape index (κ3) is 2.30. The Labute approximate surface area is 106 Å². The minimum atomic E-state index is 0.785. The first kappa shape index (κ1) is 10.7. The fourth-order valence-corrected chi connectivity index (χ4v) is 1.89. The Kier molecular flexibility index (Phi) is 2.88. The highest BCUT2D eigenvalue weighted by Crippen LogP contribution is 2.15. The molecule has 0 saturated carbocycles. The third-order valence-corrected chi connectivity index (χ3v) is 2.78. The van der Waals surface area contributed by atoms with E-state index in [1.165, 1.54) is 5.56 Å². The highest BCUT2D eigenvalue weighted by atomic mass is 15.3. The van der Waals surface area contributed by atoms with Gasteiger partial charge in [-0.05, 0) is 17.7 Å². The molecule has 1 aromatic carbocycles. The van der Waals surface area contributed by atoms with Gasteiger partial charge >= 0.3 is 0 Å². The van der Waals surface area contributed by atoms with E-state index in [-0.39, 0.29) is 0 Å². The van der Waals surface area contributed by atoms with Crippen LogP contribution in [-0.4, -0.2) is 14.8 Å². The Hall–Kier alpha value is -2.42. The van der Waals surface area contributed by atoms with Crippen LogP contribution in [0.3, 0.4) is 0 Å². The molecule has 0 fully saturated rings. The zero-order chi connectivity index (χ0) is 12.2. The standard InChI is InChI=1S/C15H13N3/c1-2-6-13(7-3-1)11-18-12-14(10-17-18)15-8-4-5-9-16-15/h1-10,12H,11H2. The molecular formula is C15H13N3. The first-order valence-corrected chi connectivity index (χ1v) is 5.89. The number of rotatable bonds is 3. The predicted octanol–water partition coefficient (Wildman–Crippen LogP) is 2.99. The maximum atomic E-state index is 4.36. The van der Waals surface area contributed by atoms with Crippen molar-refractivity contribution in [2.75, 3.05) is 0 Å². The minimum absolute atomic E-state index is 0.785. The Morgan fingerprint density at radius 3 is 2.56 bits per heavy atom. The zero-order valence-electron chi connectivity index (χ0n) is 9.90. The Morgan fingerprint density at radius 2 is 1.78 bits per heavy atom. The molecule has 0 bridgehead atoms. The van der Waals surface area contributed by atoms with Gasteiger partial charge in [-0.25, -0.2) is 0 Å². The molecule has 0 atom stereocenters. The molecule has 0 amide bonds. The van der Waals surface area contributed by atoms with Crippen molar-refractivity contribution in [3.63, 3.8) is 0 Å². The number of pyridine rings is 1. The van der Waals surface area contributed by atoms with Gasteiger partial charge in [0.1, 0.15) is 0 Å². The van der Waals surface area contributed by atoms with Gasteiger partial charge in [-0.3, -0.25) is 9.67 Å². The molecule has 3 aromatic rings. The van der Waals surface area contributed by atoms with Crippen LogP contribution in [0.15, 0.2) is 67.1 Å². The number of nitrogens with zero attached hydrogens (tertiary/aromatic N) is 3. The molecule has 0 aliphatic rings. The van der Waals surface area contributed by atoms with E-state index >= 15 is 0 Å². The van der Waals surface area contributed by atoms with Crippen molar-refractivity contribution in [2.24, 2.45) is 0 Å². The number of benzene rings is 1. The molecule has 2 aromatic heterocycles. The predicted molar refractivity (Wildman–Crippen MR) is 71.0 cm³/mol. The van der Waals surface area contributed by atoms with Gasteiger partial charge in [0.2, 0.25) is 0 Å². The second kappa shape index (κ2) is 4.84. The van der Waals surface area contributed by atoms with E-state index in [0.717, 1.165) is 17.8 Å². The van der Waals surface area contributed by atoms with E-state index in [1.54, 1.807) is 6.20 Å². The SMILES string of the molecule is c1ccc(Cn2cc(-c3ccccn3)cn2)cc1. The summed E-state index contributed by atoms with van der Waals surface area (Å²) in [6.07, 6.45) is 5.67. The maximum Gasteiger partial charge on any atom is 0.0733 e. The maximum absolute atomic E-state index is 4.36. The summed E-state index contributed by atoms with van der Waals surface area (Å²) in [6.45, 7) is 0.785. The van der Waals surface area contributed by atoms with Crippen LogP contribution in [0.1, 0.15) is 5.56 Å². The van der Waals surface area contributed by atoms with Crippen LogP contribution in [0.25, 0.3) is 11.3 Å². The molecule has 0 N–H and O–H groups in total. The largest absolute Gasteiger partial charge is 0.268 e. The number of hydrogen-bond donors (Lipinski definition) is 0. The summed E-state index contributed by atoms with van der Waals surface area (Å²) in [6, 6.07) is 16.2. The van der Waals surface area contributed by atoms with Crippen molar-refractivity contribution in [2.45, 2.75) is 6.54 Å².